The summed E-state index contributed by atoms with van der Waals surface area (Å²) in [4.78, 5) is 11.7. The third kappa shape index (κ3) is 5.08. The van der Waals surface area contributed by atoms with Crippen LogP contribution in [0.25, 0.3) is 0 Å². The minimum atomic E-state index is -0.909. The summed E-state index contributed by atoms with van der Waals surface area (Å²) in [5, 5.41) is 2.33. The van der Waals surface area contributed by atoms with Gasteiger partial charge in [0.1, 0.15) is 29.6 Å². The van der Waals surface area contributed by atoms with Gasteiger partial charge >= 0.3 is 0 Å². The number of hydrogen-bond acceptors (Lipinski definition) is 2. The molecule has 1 amide bonds. The number of hydrogen-bond donors (Lipinski definition) is 1. The van der Waals surface area contributed by atoms with E-state index >= 15 is 0 Å². The Hall–Kier alpha value is -2.39. The summed E-state index contributed by atoms with van der Waals surface area (Å²) in [6.45, 7) is 0.106. The quantitative estimate of drug-likeness (QED) is 0.825. The van der Waals surface area contributed by atoms with Crippen LogP contribution in [0.15, 0.2) is 46.9 Å². The van der Waals surface area contributed by atoms with Gasteiger partial charge in [0.2, 0.25) is 0 Å². The molecular weight excluding hydrogens is 368 g/mol. The van der Waals surface area contributed by atoms with Gasteiger partial charge in [0.25, 0.3) is 5.91 Å². The van der Waals surface area contributed by atoms with Crippen molar-refractivity contribution in [1.82, 2.24) is 5.32 Å². The Kier molecular flexibility index (Phi) is 6.12. The lowest BCUT2D eigenvalue weighted by molar-refractivity contribution is 0.0950. The SMILES string of the molecule is O=C(NCC#CCOc1cccc(Br)c1)c1c(F)cccc1F. The molecule has 0 aromatic heterocycles. The topological polar surface area (TPSA) is 38.3 Å². The predicted molar refractivity (Wildman–Crippen MR) is 86.1 cm³/mol. The molecule has 6 heteroatoms. The highest BCUT2D eigenvalue weighted by Gasteiger charge is 2.15. The van der Waals surface area contributed by atoms with E-state index in [-0.39, 0.29) is 13.2 Å². The molecule has 0 fully saturated rings. The molecule has 0 saturated carbocycles. The second kappa shape index (κ2) is 8.30. The first-order chi connectivity index (χ1) is 11.1. The Labute approximate surface area is 140 Å². The summed E-state index contributed by atoms with van der Waals surface area (Å²) in [6, 6.07) is 10.5. The second-order valence-electron chi connectivity index (χ2n) is 4.38. The van der Waals surface area contributed by atoms with Gasteiger partial charge < -0.3 is 10.1 Å². The molecule has 23 heavy (non-hydrogen) atoms. The van der Waals surface area contributed by atoms with Gasteiger partial charge in [-0.05, 0) is 30.3 Å². The molecule has 2 aromatic rings. The molecule has 0 unspecified atom stereocenters. The zero-order valence-electron chi connectivity index (χ0n) is 11.9. The van der Waals surface area contributed by atoms with Crippen LogP contribution in [0.4, 0.5) is 8.78 Å². The number of nitrogens with one attached hydrogen (secondary N) is 1. The summed E-state index contributed by atoms with van der Waals surface area (Å²) in [5.74, 6) is 3.34. The first-order valence-electron chi connectivity index (χ1n) is 6.64. The van der Waals surface area contributed by atoms with Crippen molar-refractivity contribution < 1.29 is 18.3 Å². The lowest BCUT2D eigenvalue weighted by Gasteiger charge is -2.04. The molecule has 2 rings (SSSR count). The maximum Gasteiger partial charge on any atom is 0.258 e. The Morgan fingerprint density at radius 1 is 1.13 bits per heavy atom. The molecule has 0 aliphatic carbocycles. The molecule has 3 nitrogen and oxygen atoms in total. The van der Waals surface area contributed by atoms with Crippen LogP contribution in [0.5, 0.6) is 5.75 Å². The molecule has 0 aliphatic rings. The molecule has 0 spiro atoms. The van der Waals surface area contributed by atoms with Crippen LogP contribution in [-0.2, 0) is 0 Å². The van der Waals surface area contributed by atoms with Gasteiger partial charge in [-0.15, -0.1) is 0 Å². The molecule has 2 aromatic carbocycles. The van der Waals surface area contributed by atoms with Crippen LogP contribution in [0.1, 0.15) is 10.4 Å². The van der Waals surface area contributed by atoms with E-state index in [1.807, 2.05) is 12.1 Å². The van der Waals surface area contributed by atoms with E-state index in [0.717, 1.165) is 16.6 Å². The molecule has 0 bridgehead atoms. The van der Waals surface area contributed by atoms with Crippen molar-refractivity contribution in [3.05, 3.63) is 64.1 Å². The van der Waals surface area contributed by atoms with Crippen molar-refractivity contribution in [3.8, 4) is 17.6 Å². The van der Waals surface area contributed by atoms with E-state index in [1.54, 1.807) is 12.1 Å². The fourth-order valence-electron chi connectivity index (χ4n) is 1.72. The van der Waals surface area contributed by atoms with Gasteiger partial charge in [0.05, 0.1) is 6.54 Å². The number of benzene rings is 2. The zero-order chi connectivity index (χ0) is 16.7. The van der Waals surface area contributed by atoms with Crippen LogP contribution in [0, 0.1) is 23.5 Å². The lowest BCUT2D eigenvalue weighted by atomic mass is 10.2. The van der Waals surface area contributed by atoms with E-state index in [9.17, 15) is 13.6 Å². The summed E-state index contributed by atoms with van der Waals surface area (Å²) in [6.07, 6.45) is 0. The van der Waals surface area contributed by atoms with Crippen molar-refractivity contribution in [2.75, 3.05) is 13.2 Å². The van der Waals surface area contributed by atoms with Crippen LogP contribution in [-0.4, -0.2) is 19.1 Å². The van der Waals surface area contributed by atoms with Crippen molar-refractivity contribution in [2.45, 2.75) is 0 Å². The number of halogens is 3. The minimum Gasteiger partial charge on any atom is -0.481 e. The average Bonchev–Trinajstić information content (AvgIpc) is 2.50. The highest BCUT2D eigenvalue weighted by atomic mass is 79.9. The normalized spacial score (nSPS) is 9.70. The van der Waals surface area contributed by atoms with Crippen molar-refractivity contribution in [1.29, 1.82) is 0 Å². The fourth-order valence-corrected chi connectivity index (χ4v) is 2.10. The second-order valence-corrected chi connectivity index (χ2v) is 5.29. The Morgan fingerprint density at radius 2 is 1.83 bits per heavy atom. The molecular formula is C17H12BrF2NO2. The first kappa shape index (κ1) is 17.0. The summed E-state index contributed by atoms with van der Waals surface area (Å²) >= 11 is 3.32. The third-order valence-corrected chi connectivity index (χ3v) is 3.25. The van der Waals surface area contributed by atoms with E-state index < -0.39 is 23.1 Å². The van der Waals surface area contributed by atoms with Crippen LogP contribution in [0.2, 0.25) is 0 Å². The third-order valence-electron chi connectivity index (χ3n) is 2.76. The predicted octanol–water partition coefficient (Wildman–Crippen LogP) is 3.54. The lowest BCUT2D eigenvalue weighted by Crippen LogP contribution is -2.25. The first-order valence-corrected chi connectivity index (χ1v) is 7.43. The van der Waals surface area contributed by atoms with E-state index in [0.29, 0.717) is 5.75 Å². The van der Waals surface area contributed by atoms with E-state index in [1.165, 1.54) is 6.07 Å². The van der Waals surface area contributed by atoms with Crippen LogP contribution >= 0.6 is 15.9 Å². The number of amides is 1. The Bertz CT molecular complexity index is 748. The van der Waals surface area contributed by atoms with Gasteiger partial charge in [-0.1, -0.05) is 39.9 Å². The monoisotopic (exact) mass is 379 g/mol. The van der Waals surface area contributed by atoms with Crippen LogP contribution in [0.3, 0.4) is 0 Å². The summed E-state index contributed by atoms with van der Waals surface area (Å²) in [7, 11) is 0. The molecule has 0 saturated heterocycles. The van der Waals surface area contributed by atoms with Gasteiger partial charge in [0, 0.05) is 4.47 Å². The van der Waals surface area contributed by atoms with E-state index in [4.69, 9.17) is 4.74 Å². The highest BCUT2D eigenvalue weighted by molar-refractivity contribution is 9.10. The smallest absolute Gasteiger partial charge is 0.258 e. The van der Waals surface area contributed by atoms with Crippen molar-refractivity contribution in [2.24, 2.45) is 0 Å². The molecule has 118 valence electrons. The summed E-state index contributed by atoms with van der Waals surface area (Å²) in [5.41, 5.74) is -0.611. The Morgan fingerprint density at radius 3 is 2.52 bits per heavy atom. The molecule has 0 heterocycles. The largest absolute Gasteiger partial charge is 0.481 e. The standard InChI is InChI=1S/C17H12BrF2NO2/c18-12-5-3-6-13(11-12)23-10-2-1-9-21-17(22)16-14(19)7-4-8-15(16)20/h3-8,11H,9-10H2,(H,21,22). The number of carbonyl (C=O) groups excluding carboxylic acids is 1. The molecule has 0 atom stereocenters. The maximum atomic E-state index is 13.4. The minimum absolute atomic E-state index is 0.0333. The van der Waals surface area contributed by atoms with Crippen molar-refractivity contribution in [3.63, 3.8) is 0 Å². The van der Waals surface area contributed by atoms with Crippen molar-refractivity contribution >= 4 is 21.8 Å². The molecule has 0 radical (unpaired) electrons. The average molecular weight is 380 g/mol. The van der Waals surface area contributed by atoms with Gasteiger partial charge in [-0.3, -0.25) is 4.79 Å². The highest BCUT2D eigenvalue weighted by Crippen LogP contribution is 2.17. The maximum absolute atomic E-state index is 13.4. The summed E-state index contributed by atoms with van der Waals surface area (Å²) < 4.78 is 33.1. The number of ether oxygens (including phenoxy) is 1. The molecule has 0 aliphatic heterocycles. The number of rotatable bonds is 4. The molecule has 1 N–H and O–H groups in total. The van der Waals surface area contributed by atoms with E-state index in [2.05, 4.69) is 33.1 Å². The van der Waals surface area contributed by atoms with Gasteiger partial charge in [-0.2, -0.15) is 0 Å². The van der Waals surface area contributed by atoms with Gasteiger partial charge in [0.15, 0.2) is 0 Å². The Balaban J connectivity index is 1.80. The van der Waals surface area contributed by atoms with Crippen LogP contribution < -0.4 is 10.1 Å². The zero-order valence-corrected chi connectivity index (χ0v) is 13.5. The number of carbonyl (C=O) groups is 1. The van der Waals surface area contributed by atoms with Gasteiger partial charge in [-0.25, -0.2) is 8.78 Å². The fraction of sp³-hybridized carbons (Fsp3) is 0.118.